The van der Waals surface area contributed by atoms with Gasteiger partial charge in [-0.25, -0.2) is 0 Å². The largest absolute Gasteiger partial charge is 0.324 e. The number of benzene rings is 1. The van der Waals surface area contributed by atoms with E-state index in [9.17, 15) is 0 Å². The van der Waals surface area contributed by atoms with Gasteiger partial charge < -0.3 is 5.73 Å². The lowest BCUT2D eigenvalue weighted by Crippen LogP contribution is -2.24. The minimum absolute atomic E-state index is 0.148. The maximum Gasteiger partial charge on any atom is 0.0410 e. The molecule has 1 aromatic carbocycles. The second-order valence-electron chi connectivity index (χ2n) is 3.50. The zero-order chi connectivity index (χ0) is 9.42. The third-order valence-electron chi connectivity index (χ3n) is 2.45. The number of hydrogen-bond acceptors (Lipinski definition) is 2. The Bertz CT molecular complexity index is 327. The predicted octanol–water partition coefficient (Wildman–Crippen LogP) is 3.08. The average molecular weight is 214 g/mol. The van der Waals surface area contributed by atoms with Gasteiger partial charge in [-0.15, -0.1) is 11.8 Å². The molecule has 0 amide bonds. The zero-order valence-corrected chi connectivity index (χ0v) is 9.03. The fourth-order valence-electron chi connectivity index (χ4n) is 1.54. The van der Waals surface area contributed by atoms with Gasteiger partial charge in [-0.1, -0.05) is 18.5 Å². The Hall–Kier alpha value is -0.180. The van der Waals surface area contributed by atoms with E-state index in [1.54, 1.807) is 0 Å². The molecule has 1 aromatic rings. The lowest BCUT2D eigenvalue weighted by Gasteiger charge is -2.27. The molecule has 0 aliphatic carbocycles. The number of halogens is 1. The highest BCUT2D eigenvalue weighted by Crippen LogP contribution is 2.39. The Morgan fingerprint density at radius 1 is 1.54 bits per heavy atom. The summed E-state index contributed by atoms with van der Waals surface area (Å²) in [5, 5.41) is 0.781. The van der Waals surface area contributed by atoms with E-state index in [-0.39, 0.29) is 6.04 Å². The van der Waals surface area contributed by atoms with E-state index >= 15 is 0 Å². The van der Waals surface area contributed by atoms with Gasteiger partial charge in [-0.05, 0) is 29.7 Å². The highest BCUT2D eigenvalue weighted by molar-refractivity contribution is 7.99. The van der Waals surface area contributed by atoms with Crippen molar-refractivity contribution in [3.05, 3.63) is 28.8 Å². The molecule has 70 valence electrons. The zero-order valence-electron chi connectivity index (χ0n) is 7.46. The number of hydrogen-bond donors (Lipinski definition) is 1. The van der Waals surface area contributed by atoms with Gasteiger partial charge in [0, 0.05) is 21.7 Å². The maximum atomic E-state index is 6.09. The van der Waals surface area contributed by atoms with Crippen LogP contribution in [0.3, 0.4) is 0 Å². The van der Waals surface area contributed by atoms with Crippen LogP contribution in [0.25, 0.3) is 0 Å². The van der Waals surface area contributed by atoms with Crippen LogP contribution in [0.2, 0.25) is 5.02 Å². The Labute approximate surface area is 87.7 Å². The van der Waals surface area contributed by atoms with Crippen molar-refractivity contribution in [3.8, 4) is 0 Å². The van der Waals surface area contributed by atoms with Crippen LogP contribution in [-0.2, 0) is 0 Å². The minimum atomic E-state index is 0.148. The molecule has 0 saturated heterocycles. The van der Waals surface area contributed by atoms with Crippen LogP contribution in [0.15, 0.2) is 23.1 Å². The Morgan fingerprint density at radius 2 is 2.31 bits per heavy atom. The van der Waals surface area contributed by atoms with Crippen molar-refractivity contribution in [2.24, 2.45) is 11.7 Å². The second-order valence-corrected chi connectivity index (χ2v) is 4.99. The van der Waals surface area contributed by atoms with E-state index in [1.807, 2.05) is 23.9 Å². The SMILES string of the molecule is CC1CSc2ccc(Cl)cc2C1N. The van der Waals surface area contributed by atoms with Crippen molar-refractivity contribution >= 4 is 23.4 Å². The third-order valence-corrected chi connectivity index (χ3v) is 4.06. The minimum Gasteiger partial charge on any atom is -0.324 e. The van der Waals surface area contributed by atoms with Crippen molar-refractivity contribution in [1.82, 2.24) is 0 Å². The molecule has 3 heteroatoms. The second kappa shape index (κ2) is 3.52. The van der Waals surface area contributed by atoms with E-state index in [2.05, 4.69) is 13.0 Å². The van der Waals surface area contributed by atoms with E-state index in [0.717, 1.165) is 10.8 Å². The van der Waals surface area contributed by atoms with Gasteiger partial charge in [0.05, 0.1) is 0 Å². The first kappa shape index (κ1) is 9.38. The number of thioether (sulfide) groups is 1. The summed E-state index contributed by atoms with van der Waals surface area (Å²) in [4.78, 5) is 1.29. The Balaban J connectivity index is 2.45. The molecule has 13 heavy (non-hydrogen) atoms. The van der Waals surface area contributed by atoms with Crippen molar-refractivity contribution in [3.63, 3.8) is 0 Å². The Kier molecular flexibility index (Phi) is 2.54. The fraction of sp³-hybridized carbons (Fsp3) is 0.400. The number of fused-ring (bicyclic) bond motifs is 1. The summed E-state index contributed by atoms with van der Waals surface area (Å²) in [6.07, 6.45) is 0. The first-order chi connectivity index (χ1) is 6.18. The van der Waals surface area contributed by atoms with Gasteiger partial charge in [0.1, 0.15) is 0 Å². The molecule has 0 aromatic heterocycles. The van der Waals surface area contributed by atoms with Gasteiger partial charge in [0.2, 0.25) is 0 Å². The lowest BCUT2D eigenvalue weighted by atomic mass is 9.96. The summed E-state index contributed by atoms with van der Waals surface area (Å²) in [5.41, 5.74) is 7.29. The molecule has 1 aliphatic heterocycles. The van der Waals surface area contributed by atoms with Gasteiger partial charge in [0.15, 0.2) is 0 Å². The maximum absolute atomic E-state index is 6.09. The van der Waals surface area contributed by atoms with Crippen molar-refractivity contribution in [1.29, 1.82) is 0 Å². The molecule has 0 saturated carbocycles. The first-order valence-electron chi connectivity index (χ1n) is 4.36. The van der Waals surface area contributed by atoms with Gasteiger partial charge >= 0.3 is 0 Å². The van der Waals surface area contributed by atoms with Gasteiger partial charge in [-0.3, -0.25) is 0 Å². The topological polar surface area (TPSA) is 26.0 Å². The molecule has 0 spiro atoms. The van der Waals surface area contributed by atoms with Crippen LogP contribution in [0.4, 0.5) is 0 Å². The average Bonchev–Trinajstić information content (AvgIpc) is 2.12. The summed E-state index contributed by atoms with van der Waals surface area (Å²) in [7, 11) is 0. The van der Waals surface area contributed by atoms with E-state index in [4.69, 9.17) is 17.3 Å². The predicted molar refractivity (Wildman–Crippen MR) is 58.3 cm³/mol. The highest BCUT2D eigenvalue weighted by Gasteiger charge is 2.23. The third kappa shape index (κ3) is 1.71. The van der Waals surface area contributed by atoms with Crippen molar-refractivity contribution in [2.45, 2.75) is 17.9 Å². The summed E-state index contributed by atoms with van der Waals surface area (Å²) in [6.45, 7) is 2.18. The molecular weight excluding hydrogens is 202 g/mol. The van der Waals surface area contributed by atoms with Crippen LogP contribution in [0.5, 0.6) is 0 Å². The molecule has 1 heterocycles. The summed E-state index contributed by atoms with van der Waals surface area (Å²) in [5.74, 6) is 1.64. The molecule has 2 rings (SSSR count). The summed E-state index contributed by atoms with van der Waals surface area (Å²) < 4.78 is 0. The smallest absolute Gasteiger partial charge is 0.0410 e. The van der Waals surface area contributed by atoms with E-state index < -0.39 is 0 Å². The quantitative estimate of drug-likeness (QED) is 0.717. The number of nitrogens with two attached hydrogens (primary N) is 1. The van der Waals surface area contributed by atoms with E-state index in [1.165, 1.54) is 10.5 Å². The summed E-state index contributed by atoms with van der Waals surface area (Å²) >= 11 is 7.80. The monoisotopic (exact) mass is 213 g/mol. The van der Waals surface area contributed by atoms with Crippen LogP contribution in [0.1, 0.15) is 18.5 Å². The molecule has 2 atom stereocenters. The molecule has 2 N–H and O–H groups in total. The Morgan fingerprint density at radius 3 is 3.08 bits per heavy atom. The molecule has 0 radical (unpaired) electrons. The highest BCUT2D eigenvalue weighted by atomic mass is 35.5. The molecular formula is C10H12ClNS. The van der Waals surface area contributed by atoms with Gasteiger partial charge in [0.25, 0.3) is 0 Å². The van der Waals surface area contributed by atoms with E-state index in [0.29, 0.717) is 5.92 Å². The standard InChI is InChI=1S/C10H12ClNS/c1-6-5-13-9-3-2-7(11)4-8(9)10(6)12/h2-4,6,10H,5,12H2,1H3. The fourth-order valence-corrected chi connectivity index (χ4v) is 2.90. The van der Waals surface area contributed by atoms with Crippen LogP contribution in [0, 0.1) is 5.92 Å². The molecule has 1 aliphatic rings. The number of rotatable bonds is 0. The molecule has 0 bridgehead atoms. The van der Waals surface area contributed by atoms with Crippen LogP contribution < -0.4 is 5.73 Å². The summed E-state index contributed by atoms with van der Waals surface area (Å²) in [6, 6.07) is 6.13. The normalized spacial score (nSPS) is 27.0. The molecule has 1 nitrogen and oxygen atoms in total. The van der Waals surface area contributed by atoms with Crippen LogP contribution in [-0.4, -0.2) is 5.75 Å². The van der Waals surface area contributed by atoms with Crippen molar-refractivity contribution < 1.29 is 0 Å². The van der Waals surface area contributed by atoms with Crippen LogP contribution >= 0.6 is 23.4 Å². The van der Waals surface area contributed by atoms with Gasteiger partial charge in [-0.2, -0.15) is 0 Å². The molecule has 2 unspecified atom stereocenters. The molecule has 0 fully saturated rings. The van der Waals surface area contributed by atoms with Crippen molar-refractivity contribution in [2.75, 3.05) is 5.75 Å². The first-order valence-corrected chi connectivity index (χ1v) is 5.72. The lowest BCUT2D eigenvalue weighted by molar-refractivity contribution is 0.507.